The smallest absolute Gasteiger partial charge is 0.404 e. The lowest BCUT2D eigenvalue weighted by molar-refractivity contribution is 0.195. The van der Waals surface area contributed by atoms with Crippen LogP contribution in [0.25, 0.3) is 0 Å². The summed E-state index contributed by atoms with van der Waals surface area (Å²) in [4.78, 5) is 13.8. The van der Waals surface area contributed by atoms with E-state index >= 15 is 0 Å². The van der Waals surface area contributed by atoms with Crippen molar-refractivity contribution in [3.63, 3.8) is 0 Å². The van der Waals surface area contributed by atoms with Gasteiger partial charge in [-0.2, -0.15) is 0 Å². The van der Waals surface area contributed by atoms with Gasteiger partial charge in [-0.25, -0.2) is 4.79 Å². The summed E-state index contributed by atoms with van der Waals surface area (Å²) in [5.41, 5.74) is 0. The zero-order valence-electron chi connectivity index (χ0n) is 9.60. The lowest BCUT2D eigenvalue weighted by Crippen LogP contribution is -2.22. The van der Waals surface area contributed by atoms with Crippen molar-refractivity contribution in [2.24, 2.45) is 4.99 Å². The molecule has 2 N–H and O–H groups in total. The number of carboxylic acid groups (broad SMARTS) is 1. The van der Waals surface area contributed by atoms with E-state index in [-0.39, 0.29) is 0 Å². The van der Waals surface area contributed by atoms with Gasteiger partial charge in [0.15, 0.2) is 0 Å². The number of amides is 1. The largest absolute Gasteiger partial charge is 0.465 e. The zero-order valence-corrected chi connectivity index (χ0v) is 11.2. The average molecular weight is 262 g/mol. The third kappa shape index (κ3) is 13.1. The lowest BCUT2D eigenvalue weighted by Gasteiger charge is -2.00. The first-order chi connectivity index (χ1) is 7.70. The van der Waals surface area contributed by atoms with Gasteiger partial charge >= 0.3 is 6.09 Å². The predicted molar refractivity (Wildman–Crippen MR) is 75.3 cm³/mol. The topological polar surface area (TPSA) is 61.7 Å². The Bertz CT molecular complexity index is 243. The van der Waals surface area contributed by atoms with Gasteiger partial charge in [0, 0.05) is 12.3 Å². The highest BCUT2D eigenvalue weighted by molar-refractivity contribution is 8.78. The summed E-state index contributed by atoms with van der Waals surface area (Å²) in [5, 5.41) is 11.3. The highest BCUT2D eigenvalue weighted by Gasteiger charge is 1.96. The predicted octanol–water partition coefficient (Wildman–Crippen LogP) is 3.39. The summed E-state index contributed by atoms with van der Waals surface area (Å²) in [6.45, 7) is 11.4. The van der Waals surface area contributed by atoms with Gasteiger partial charge < -0.3 is 10.4 Å². The number of carbonyl (C=O) groups is 1. The molecule has 0 saturated carbocycles. The number of allylic oxidation sites excluding steroid dienone is 2. The Morgan fingerprint density at radius 3 is 2.62 bits per heavy atom. The molecule has 0 unspecified atom stereocenters. The van der Waals surface area contributed by atoms with E-state index in [4.69, 9.17) is 5.11 Å². The van der Waals surface area contributed by atoms with Crippen molar-refractivity contribution in [2.75, 3.05) is 12.3 Å². The summed E-state index contributed by atoms with van der Waals surface area (Å²) in [5.74, 6) is 0.682. The maximum Gasteiger partial charge on any atom is 0.404 e. The SMILES string of the molecule is C=C/C=C(\N=C)SSCCNC(=O)O.CC. The lowest BCUT2D eigenvalue weighted by atomic mass is 10.6. The average Bonchev–Trinajstić information content (AvgIpc) is 2.29. The van der Waals surface area contributed by atoms with E-state index in [1.54, 1.807) is 12.2 Å². The maximum absolute atomic E-state index is 10.1. The van der Waals surface area contributed by atoms with E-state index in [9.17, 15) is 4.79 Å². The standard InChI is InChI=1S/C8H12N2O2S2.C2H6/c1-3-4-7(9-2)14-13-6-5-10-8(11)12;1-2/h3-4,10H,1-2,5-6H2,(H,11,12);1-2H3/b7-4+;. The van der Waals surface area contributed by atoms with Crippen molar-refractivity contribution in [3.8, 4) is 0 Å². The van der Waals surface area contributed by atoms with Crippen LogP contribution in [0.15, 0.2) is 28.8 Å². The summed E-state index contributed by atoms with van der Waals surface area (Å²) in [6.07, 6.45) is 2.38. The van der Waals surface area contributed by atoms with Crippen LogP contribution in [0.1, 0.15) is 13.8 Å². The van der Waals surface area contributed by atoms with Gasteiger partial charge in [0.05, 0.1) is 0 Å². The quantitative estimate of drug-likeness (QED) is 0.319. The van der Waals surface area contributed by atoms with Crippen molar-refractivity contribution in [1.29, 1.82) is 0 Å². The minimum absolute atomic E-state index is 0.422. The van der Waals surface area contributed by atoms with Crippen LogP contribution in [0.4, 0.5) is 4.79 Å². The highest BCUT2D eigenvalue weighted by Crippen LogP contribution is 2.29. The van der Waals surface area contributed by atoms with Gasteiger partial charge in [-0.15, -0.1) is 0 Å². The molecule has 0 aliphatic carbocycles. The second-order valence-corrected chi connectivity index (χ2v) is 4.47. The first-order valence-corrected chi connectivity index (χ1v) is 7.08. The van der Waals surface area contributed by atoms with E-state index in [0.717, 1.165) is 5.03 Å². The number of nitrogens with zero attached hydrogens (tertiary/aromatic N) is 1. The number of nitrogens with one attached hydrogen (secondary N) is 1. The maximum atomic E-state index is 10.1. The molecule has 0 radical (unpaired) electrons. The monoisotopic (exact) mass is 262 g/mol. The van der Waals surface area contributed by atoms with E-state index < -0.39 is 6.09 Å². The molecule has 16 heavy (non-hydrogen) atoms. The Morgan fingerprint density at radius 1 is 1.56 bits per heavy atom. The van der Waals surface area contributed by atoms with E-state index in [1.165, 1.54) is 21.6 Å². The van der Waals surface area contributed by atoms with Crippen molar-refractivity contribution in [1.82, 2.24) is 5.32 Å². The Kier molecular flexibility index (Phi) is 15.5. The van der Waals surface area contributed by atoms with Crippen molar-refractivity contribution in [3.05, 3.63) is 23.8 Å². The molecule has 0 aromatic heterocycles. The molecule has 92 valence electrons. The molecule has 4 nitrogen and oxygen atoms in total. The fraction of sp³-hybridized carbons (Fsp3) is 0.400. The molecule has 0 atom stereocenters. The summed E-state index contributed by atoms with van der Waals surface area (Å²) in [6, 6.07) is 0. The van der Waals surface area contributed by atoms with Crippen molar-refractivity contribution < 1.29 is 9.90 Å². The van der Waals surface area contributed by atoms with Gasteiger partial charge in [0.1, 0.15) is 5.03 Å². The minimum Gasteiger partial charge on any atom is -0.465 e. The first kappa shape index (κ1) is 17.5. The Labute approximate surface area is 105 Å². The first-order valence-electron chi connectivity index (χ1n) is 4.76. The molecule has 0 heterocycles. The number of aliphatic imine (C=N–C) groups is 1. The summed E-state index contributed by atoms with van der Waals surface area (Å²) >= 11 is 0. The van der Waals surface area contributed by atoms with Crippen LogP contribution in [0.2, 0.25) is 0 Å². The van der Waals surface area contributed by atoms with Crippen LogP contribution < -0.4 is 5.32 Å². The molecular formula is C10H18N2O2S2. The molecule has 0 rings (SSSR count). The molecule has 0 spiro atoms. The third-order valence-electron chi connectivity index (χ3n) is 1.02. The molecule has 0 aromatic carbocycles. The van der Waals surface area contributed by atoms with Crippen LogP contribution in [-0.2, 0) is 0 Å². The molecule has 0 saturated heterocycles. The minimum atomic E-state index is -1.00. The van der Waals surface area contributed by atoms with Crippen LogP contribution >= 0.6 is 21.6 Å². The van der Waals surface area contributed by atoms with Crippen molar-refractivity contribution in [2.45, 2.75) is 13.8 Å². The third-order valence-corrected chi connectivity index (χ3v) is 3.31. The van der Waals surface area contributed by atoms with Crippen LogP contribution in [0.5, 0.6) is 0 Å². The van der Waals surface area contributed by atoms with E-state index in [2.05, 4.69) is 23.6 Å². The Morgan fingerprint density at radius 2 is 2.19 bits per heavy atom. The molecule has 0 fully saturated rings. The molecule has 1 amide bonds. The number of hydrogen-bond acceptors (Lipinski definition) is 4. The summed E-state index contributed by atoms with van der Waals surface area (Å²) < 4.78 is 0. The van der Waals surface area contributed by atoms with Gasteiger partial charge in [0.2, 0.25) is 0 Å². The fourth-order valence-corrected chi connectivity index (χ4v) is 2.29. The zero-order chi connectivity index (χ0) is 12.8. The van der Waals surface area contributed by atoms with Crippen LogP contribution in [-0.4, -0.2) is 30.2 Å². The molecule has 0 bridgehead atoms. The second-order valence-electron chi connectivity index (χ2n) is 2.04. The molecular weight excluding hydrogens is 244 g/mol. The van der Waals surface area contributed by atoms with Gasteiger partial charge in [0.25, 0.3) is 0 Å². The second kappa shape index (κ2) is 14.1. The fourth-order valence-electron chi connectivity index (χ4n) is 0.509. The number of rotatable bonds is 7. The molecule has 0 aliphatic rings. The van der Waals surface area contributed by atoms with E-state index in [0.29, 0.717) is 12.3 Å². The number of hydrogen-bond donors (Lipinski definition) is 2. The highest BCUT2D eigenvalue weighted by atomic mass is 33.1. The molecule has 0 aromatic rings. The van der Waals surface area contributed by atoms with Gasteiger partial charge in [-0.3, -0.25) is 4.99 Å². The van der Waals surface area contributed by atoms with Gasteiger partial charge in [-0.05, 0) is 23.6 Å². The Hall–Kier alpha value is -0.880. The van der Waals surface area contributed by atoms with Crippen LogP contribution in [0.3, 0.4) is 0 Å². The van der Waals surface area contributed by atoms with Crippen molar-refractivity contribution >= 4 is 34.4 Å². The molecule has 6 heteroatoms. The Balaban J connectivity index is 0. The molecule has 0 aliphatic heterocycles. The normalized spacial score (nSPS) is 9.75. The van der Waals surface area contributed by atoms with E-state index in [1.807, 2.05) is 13.8 Å². The van der Waals surface area contributed by atoms with Gasteiger partial charge in [-0.1, -0.05) is 37.3 Å². The van der Waals surface area contributed by atoms with Crippen LogP contribution in [0, 0.1) is 0 Å². The summed E-state index contributed by atoms with van der Waals surface area (Å²) in [7, 11) is 2.95.